The van der Waals surface area contributed by atoms with E-state index in [1.807, 2.05) is 0 Å². The molecule has 1 amide bonds. The van der Waals surface area contributed by atoms with E-state index in [1.165, 1.54) is 18.3 Å². The van der Waals surface area contributed by atoms with Gasteiger partial charge in [0.05, 0.1) is 23.9 Å². The van der Waals surface area contributed by atoms with Gasteiger partial charge >= 0.3 is 6.18 Å². The Morgan fingerprint density at radius 2 is 1.82 bits per heavy atom. The number of aromatic nitrogens is 2. The quantitative estimate of drug-likeness (QED) is 0.703. The van der Waals surface area contributed by atoms with E-state index in [0.29, 0.717) is 17.3 Å². The first-order valence-corrected chi connectivity index (χ1v) is 8.24. The number of carbonyl (C=O) groups is 1. The molecular weight excluding hydrogens is 371 g/mol. The van der Waals surface area contributed by atoms with Crippen molar-refractivity contribution < 1.29 is 22.7 Å². The van der Waals surface area contributed by atoms with Gasteiger partial charge in [-0.25, -0.2) is 9.97 Å². The van der Waals surface area contributed by atoms with Gasteiger partial charge in [-0.2, -0.15) is 13.2 Å². The van der Waals surface area contributed by atoms with E-state index in [9.17, 15) is 18.0 Å². The van der Waals surface area contributed by atoms with E-state index >= 15 is 0 Å². The molecule has 0 spiro atoms. The Kier molecular flexibility index (Phi) is 5.30. The zero-order chi connectivity index (χ0) is 20.3. The number of carbonyl (C=O) groups excluding carboxylic acids is 1. The summed E-state index contributed by atoms with van der Waals surface area (Å²) in [7, 11) is 1.56. The average Bonchev–Trinajstić information content (AvgIpc) is 2.67. The van der Waals surface area contributed by atoms with Crippen molar-refractivity contribution in [1.29, 1.82) is 0 Å². The molecule has 2 aromatic carbocycles. The van der Waals surface area contributed by atoms with E-state index in [0.717, 1.165) is 17.7 Å². The van der Waals surface area contributed by atoms with Crippen molar-refractivity contribution >= 4 is 11.6 Å². The summed E-state index contributed by atoms with van der Waals surface area (Å²) in [6, 6.07) is 11.5. The lowest BCUT2D eigenvalue weighted by atomic mass is 10.1. The Labute approximate surface area is 159 Å². The molecule has 0 saturated carbocycles. The van der Waals surface area contributed by atoms with Gasteiger partial charge in [0, 0.05) is 17.4 Å². The molecule has 0 saturated heterocycles. The molecule has 0 aliphatic rings. The molecule has 0 aliphatic carbocycles. The van der Waals surface area contributed by atoms with Crippen LogP contribution in [-0.2, 0) is 6.18 Å². The SMILES string of the molecule is COc1ccc(-c2ncc(C(=O)Nc3cccc(C(F)(F)F)c3)c(C)n2)cc1. The summed E-state index contributed by atoms with van der Waals surface area (Å²) in [6.45, 7) is 1.63. The van der Waals surface area contributed by atoms with Crippen LogP contribution in [0.3, 0.4) is 0 Å². The lowest BCUT2D eigenvalue weighted by molar-refractivity contribution is -0.137. The highest BCUT2D eigenvalue weighted by Crippen LogP contribution is 2.30. The van der Waals surface area contributed by atoms with Crippen LogP contribution >= 0.6 is 0 Å². The van der Waals surface area contributed by atoms with Crippen molar-refractivity contribution in [3.05, 3.63) is 71.5 Å². The maximum absolute atomic E-state index is 12.8. The zero-order valence-electron chi connectivity index (χ0n) is 15.0. The number of hydrogen-bond donors (Lipinski definition) is 1. The molecule has 8 heteroatoms. The van der Waals surface area contributed by atoms with E-state index < -0.39 is 17.6 Å². The molecule has 1 aromatic heterocycles. The number of anilines is 1. The standard InChI is InChI=1S/C20H16F3N3O2/c1-12-17(11-24-18(25-12)13-6-8-16(28-2)9-7-13)19(27)26-15-5-3-4-14(10-15)20(21,22)23/h3-11H,1-2H3,(H,26,27). The number of benzene rings is 2. The summed E-state index contributed by atoms with van der Waals surface area (Å²) in [4.78, 5) is 21.0. The van der Waals surface area contributed by atoms with Crippen LogP contribution in [0.15, 0.2) is 54.7 Å². The highest BCUT2D eigenvalue weighted by Gasteiger charge is 2.30. The second-order valence-electron chi connectivity index (χ2n) is 5.95. The van der Waals surface area contributed by atoms with E-state index in [1.54, 1.807) is 38.3 Å². The molecule has 0 atom stereocenters. The first-order chi connectivity index (χ1) is 13.3. The third-order valence-corrected chi connectivity index (χ3v) is 4.02. The van der Waals surface area contributed by atoms with Gasteiger partial charge in [-0.1, -0.05) is 6.07 Å². The van der Waals surface area contributed by atoms with Crippen LogP contribution < -0.4 is 10.1 Å². The first-order valence-electron chi connectivity index (χ1n) is 8.24. The van der Waals surface area contributed by atoms with Crippen molar-refractivity contribution in [2.24, 2.45) is 0 Å². The summed E-state index contributed by atoms with van der Waals surface area (Å²) in [5.41, 5.74) is 0.528. The lowest BCUT2D eigenvalue weighted by Crippen LogP contribution is -2.15. The van der Waals surface area contributed by atoms with Crippen LogP contribution in [0.25, 0.3) is 11.4 Å². The third-order valence-electron chi connectivity index (χ3n) is 4.02. The number of nitrogens with zero attached hydrogens (tertiary/aromatic N) is 2. The largest absolute Gasteiger partial charge is 0.497 e. The molecular formula is C20H16F3N3O2. The fourth-order valence-corrected chi connectivity index (χ4v) is 2.54. The van der Waals surface area contributed by atoms with Gasteiger partial charge in [0.1, 0.15) is 5.75 Å². The van der Waals surface area contributed by atoms with Crippen molar-refractivity contribution in [3.63, 3.8) is 0 Å². The topological polar surface area (TPSA) is 64.1 Å². The Balaban J connectivity index is 1.81. The summed E-state index contributed by atoms with van der Waals surface area (Å²) in [5, 5.41) is 2.45. The Morgan fingerprint density at radius 3 is 2.43 bits per heavy atom. The predicted molar refractivity (Wildman–Crippen MR) is 98.2 cm³/mol. The van der Waals surface area contributed by atoms with Gasteiger partial charge in [0.2, 0.25) is 0 Å². The fourth-order valence-electron chi connectivity index (χ4n) is 2.54. The number of ether oxygens (including phenoxy) is 1. The van der Waals surface area contributed by atoms with Crippen LogP contribution in [-0.4, -0.2) is 23.0 Å². The number of alkyl halides is 3. The lowest BCUT2D eigenvalue weighted by Gasteiger charge is -2.11. The van der Waals surface area contributed by atoms with Crippen molar-refractivity contribution in [2.45, 2.75) is 13.1 Å². The predicted octanol–water partition coefficient (Wildman–Crippen LogP) is 4.73. The molecule has 0 aliphatic heterocycles. The van der Waals surface area contributed by atoms with Gasteiger partial charge < -0.3 is 10.1 Å². The maximum Gasteiger partial charge on any atom is 0.416 e. The Morgan fingerprint density at radius 1 is 1.11 bits per heavy atom. The highest BCUT2D eigenvalue weighted by molar-refractivity contribution is 6.04. The molecule has 1 heterocycles. The molecule has 3 rings (SSSR count). The number of amides is 1. The van der Waals surface area contributed by atoms with E-state index in [2.05, 4.69) is 15.3 Å². The van der Waals surface area contributed by atoms with Crippen LogP contribution in [0.5, 0.6) is 5.75 Å². The number of methoxy groups -OCH3 is 1. The molecule has 5 nitrogen and oxygen atoms in total. The molecule has 3 aromatic rings. The molecule has 144 valence electrons. The minimum absolute atomic E-state index is 0.0402. The number of halogens is 3. The van der Waals surface area contributed by atoms with Gasteiger partial charge in [-0.05, 0) is 49.4 Å². The fraction of sp³-hybridized carbons (Fsp3) is 0.150. The molecule has 0 bridgehead atoms. The summed E-state index contributed by atoms with van der Waals surface area (Å²) in [6.07, 6.45) is -3.13. The summed E-state index contributed by atoms with van der Waals surface area (Å²) < 4.78 is 43.5. The van der Waals surface area contributed by atoms with Gasteiger partial charge in [0.15, 0.2) is 5.82 Å². The number of rotatable bonds is 4. The maximum atomic E-state index is 12.8. The molecule has 28 heavy (non-hydrogen) atoms. The van der Waals surface area contributed by atoms with Gasteiger partial charge in [0.25, 0.3) is 5.91 Å². The van der Waals surface area contributed by atoms with Crippen LogP contribution in [0, 0.1) is 6.92 Å². The molecule has 1 N–H and O–H groups in total. The van der Waals surface area contributed by atoms with Crippen LogP contribution in [0.4, 0.5) is 18.9 Å². The molecule has 0 fully saturated rings. The number of hydrogen-bond acceptors (Lipinski definition) is 4. The number of nitrogens with one attached hydrogen (secondary N) is 1. The number of aryl methyl sites for hydroxylation is 1. The Hall–Kier alpha value is -3.42. The normalized spacial score (nSPS) is 11.2. The zero-order valence-corrected chi connectivity index (χ0v) is 15.0. The molecule has 0 unspecified atom stereocenters. The van der Waals surface area contributed by atoms with E-state index in [-0.39, 0.29) is 11.3 Å². The summed E-state index contributed by atoms with van der Waals surface area (Å²) in [5.74, 6) is 0.534. The highest BCUT2D eigenvalue weighted by atomic mass is 19.4. The first kappa shape index (κ1) is 19.3. The van der Waals surface area contributed by atoms with Crippen molar-refractivity contribution in [1.82, 2.24) is 9.97 Å². The monoisotopic (exact) mass is 387 g/mol. The second-order valence-corrected chi connectivity index (χ2v) is 5.95. The minimum atomic E-state index is -4.49. The smallest absolute Gasteiger partial charge is 0.416 e. The second kappa shape index (κ2) is 7.67. The van der Waals surface area contributed by atoms with Crippen molar-refractivity contribution in [3.8, 4) is 17.1 Å². The van der Waals surface area contributed by atoms with Crippen LogP contribution in [0.2, 0.25) is 0 Å². The van der Waals surface area contributed by atoms with Crippen LogP contribution in [0.1, 0.15) is 21.6 Å². The summed E-state index contributed by atoms with van der Waals surface area (Å²) >= 11 is 0. The Bertz CT molecular complexity index is 1000. The molecule has 0 radical (unpaired) electrons. The van der Waals surface area contributed by atoms with Gasteiger partial charge in [-0.3, -0.25) is 4.79 Å². The van der Waals surface area contributed by atoms with E-state index in [4.69, 9.17) is 4.74 Å². The van der Waals surface area contributed by atoms with Crippen molar-refractivity contribution in [2.75, 3.05) is 12.4 Å². The van der Waals surface area contributed by atoms with Gasteiger partial charge in [-0.15, -0.1) is 0 Å². The average molecular weight is 387 g/mol. The minimum Gasteiger partial charge on any atom is -0.497 e. The third kappa shape index (κ3) is 4.28.